The summed E-state index contributed by atoms with van der Waals surface area (Å²) in [6.45, 7) is 6.62. The molecule has 0 aliphatic carbocycles. The zero-order valence-corrected chi connectivity index (χ0v) is 11.5. The van der Waals surface area contributed by atoms with Gasteiger partial charge in [0.2, 0.25) is 0 Å². The fourth-order valence-corrected chi connectivity index (χ4v) is 1.59. The lowest BCUT2D eigenvalue weighted by Crippen LogP contribution is -2.37. The van der Waals surface area contributed by atoms with Crippen LogP contribution in [0.4, 0.5) is 0 Å². The molecule has 1 rings (SSSR count). The molecule has 1 amide bonds. The van der Waals surface area contributed by atoms with Crippen molar-refractivity contribution in [3.63, 3.8) is 0 Å². The highest BCUT2D eigenvalue weighted by Gasteiger charge is 2.04. The number of carbonyl (C=O) groups is 1. The number of rotatable bonds is 6. The number of amides is 1. The Hall–Kier alpha value is -2.11. The summed E-state index contributed by atoms with van der Waals surface area (Å²) in [6.07, 6.45) is 3.16. The highest BCUT2D eigenvalue weighted by molar-refractivity contribution is 5.93. The number of hydrogen-bond donors (Lipinski definition) is 2. The van der Waals surface area contributed by atoms with Crippen molar-refractivity contribution >= 4 is 11.9 Å². The lowest BCUT2D eigenvalue weighted by molar-refractivity contribution is 0.0954. The maximum atomic E-state index is 11.7. The predicted molar refractivity (Wildman–Crippen MR) is 76.0 cm³/mol. The van der Waals surface area contributed by atoms with Crippen molar-refractivity contribution < 1.29 is 4.79 Å². The minimum Gasteiger partial charge on any atom is -0.370 e. The van der Waals surface area contributed by atoms with Crippen molar-refractivity contribution in [2.75, 3.05) is 26.2 Å². The molecule has 0 spiro atoms. The van der Waals surface area contributed by atoms with Gasteiger partial charge in [0.25, 0.3) is 5.91 Å². The molecule has 19 heavy (non-hydrogen) atoms. The second-order valence-corrected chi connectivity index (χ2v) is 3.91. The highest BCUT2D eigenvalue weighted by atomic mass is 16.1. The quantitative estimate of drug-likeness (QED) is 0.444. The molecule has 0 saturated heterocycles. The van der Waals surface area contributed by atoms with E-state index in [0.29, 0.717) is 24.6 Å². The second-order valence-electron chi connectivity index (χ2n) is 3.91. The van der Waals surface area contributed by atoms with Crippen LogP contribution in [-0.2, 0) is 0 Å². The topological polar surface area (TPSA) is 83.6 Å². The SMILES string of the molecule is CCN(CC)C(N)=NCCNC(=O)c1cccnc1. The van der Waals surface area contributed by atoms with Gasteiger partial charge in [-0.05, 0) is 26.0 Å². The Kier molecular flexibility index (Phi) is 6.35. The Balaban J connectivity index is 2.35. The molecule has 6 nitrogen and oxygen atoms in total. The normalized spacial score (nSPS) is 11.2. The zero-order valence-electron chi connectivity index (χ0n) is 11.5. The largest absolute Gasteiger partial charge is 0.370 e. The number of nitrogens with zero attached hydrogens (tertiary/aromatic N) is 3. The lowest BCUT2D eigenvalue weighted by atomic mass is 10.3. The van der Waals surface area contributed by atoms with Crippen molar-refractivity contribution in [3.8, 4) is 0 Å². The number of carbonyl (C=O) groups excluding carboxylic acids is 1. The lowest BCUT2D eigenvalue weighted by Gasteiger charge is -2.19. The van der Waals surface area contributed by atoms with E-state index in [0.717, 1.165) is 13.1 Å². The van der Waals surface area contributed by atoms with Crippen molar-refractivity contribution in [2.24, 2.45) is 10.7 Å². The molecule has 0 aliphatic rings. The number of hydrogen-bond acceptors (Lipinski definition) is 3. The number of aliphatic imine (C=N–C) groups is 1. The molecule has 0 fully saturated rings. The first-order chi connectivity index (χ1) is 9.19. The maximum absolute atomic E-state index is 11.7. The van der Waals surface area contributed by atoms with Crippen LogP contribution in [0.3, 0.4) is 0 Å². The smallest absolute Gasteiger partial charge is 0.252 e. The maximum Gasteiger partial charge on any atom is 0.252 e. The van der Waals surface area contributed by atoms with Gasteiger partial charge in [-0.1, -0.05) is 0 Å². The molecule has 104 valence electrons. The molecule has 1 aromatic heterocycles. The molecule has 0 atom stereocenters. The van der Waals surface area contributed by atoms with Crippen LogP contribution in [0.25, 0.3) is 0 Å². The molecular weight excluding hydrogens is 242 g/mol. The fraction of sp³-hybridized carbons (Fsp3) is 0.462. The van der Waals surface area contributed by atoms with Crippen LogP contribution in [0, 0.1) is 0 Å². The van der Waals surface area contributed by atoms with E-state index in [2.05, 4.69) is 15.3 Å². The first kappa shape index (κ1) is 14.9. The standard InChI is InChI=1S/C13H21N5O/c1-3-18(4-2)13(14)17-9-8-16-12(19)11-6-5-7-15-10-11/h5-7,10H,3-4,8-9H2,1-2H3,(H2,14,17)(H,16,19). The third kappa shape index (κ3) is 4.95. The minimum atomic E-state index is -0.148. The Morgan fingerprint density at radius 3 is 2.79 bits per heavy atom. The number of pyridine rings is 1. The molecule has 0 aliphatic heterocycles. The summed E-state index contributed by atoms with van der Waals surface area (Å²) in [6, 6.07) is 3.45. The number of aromatic nitrogens is 1. The van der Waals surface area contributed by atoms with Gasteiger partial charge >= 0.3 is 0 Å². The molecule has 1 aromatic rings. The van der Waals surface area contributed by atoms with Crippen LogP contribution in [-0.4, -0.2) is 47.9 Å². The van der Waals surface area contributed by atoms with E-state index in [1.807, 2.05) is 18.7 Å². The van der Waals surface area contributed by atoms with Crippen molar-refractivity contribution in [1.29, 1.82) is 0 Å². The molecular formula is C13H21N5O. The van der Waals surface area contributed by atoms with E-state index in [4.69, 9.17) is 5.73 Å². The number of guanidine groups is 1. The fourth-order valence-electron chi connectivity index (χ4n) is 1.59. The summed E-state index contributed by atoms with van der Waals surface area (Å²) in [5.41, 5.74) is 6.36. The minimum absolute atomic E-state index is 0.148. The molecule has 0 unspecified atom stereocenters. The van der Waals surface area contributed by atoms with E-state index < -0.39 is 0 Å². The van der Waals surface area contributed by atoms with Crippen molar-refractivity contribution in [3.05, 3.63) is 30.1 Å². The monoisotopic (exact) mass is 263 g/mol. The first-order valence-corrected chi connectivity index (χ1v) is 6.42. The number of nitrogens with one attached hydrogen (secondary N) is 1. The van der Waals surface area contributed by atoms with Crippen LogP contribution in [0.2, 0.25) is 0 Å². The van der Waals surface area contributed by atoms with E-state index in [1.54, 1.807) is 18.3 Å². The summed E-state index contributed by atoms with van der Waals surface area (Å²) in [5.74, 6) is 0.366. The van der Waals surface area contributed by atoms with Gasteiger partial charge < -0.3 is 16.0 Å². The van der Waals surface area contributed by atoms with Crippen molar-refractivity contribution in [1.82, 2.24) is 15.2 Å². The molecule has 3 N–H and O–H groups in total. The van der Waals surface area contributed by atoms with E-state index in [1.165, 1.54) is 6.20 Å². The Morgan fingerprint density at radius 2 is 2.21 bits per heavy atom. The van der Waals surface area contributed by atoms with Gasteiger partial charge in [-0.3, -0.25) is 14.8 Å². The third-order valence-corrected chi connectivity index (χ3v) is 2.68. The summed E-state index contributed by atoms with van der Waals surface area (Å²) in [4.78, 5) is 21.8. The molecule has 0 aromatic carbocycles. The highest BCUT2D eigenvalue weighted by Crippen LogP contribution is 1.94. The molecule has 0 radical (unpaired) electrons. The molecule has 0 saturated carbocycles. The third-order valence-electron chi connectivity index (χ3n) is 2.68. The van der Waals surface area contributed by atoms with Gasteiger partial charge in [-0.15, -0.1) is 0 Å². The van der Waals surface area contributed by atoms with Crippen LogP contribution in [0.15, 0.2) is 29.5 Å². The molecule has 6 heteroatoms. The zero-order chi connectivity index (χ0) is 14.1. The molecule has 1 heterocycles. The van der Waals surface area contributed by atoms with Gasteiger partial charge in [-0.25, -0.2) is 0 Å². The Bertz CT molecular complexity index is 414. The van der Waals surface area contributed by atoms with Gasteiger partial charge in [0, 0.05) is 32.0 Å². The van der Waals surface area contributed by atoms with Gasteiger partial charge in [-0.2, -0.15) is 0 Å². The summed E-state index contributed by atoms with van der Waals surface area (Å²) in [5, 5.41) is 2.77. The predicted octanol–water partition coefficient (Wildman–Crippen LogP) is 0.468. The second kappa shape index (κ2) is 8.07. The van der Waals surface area contributed by atoms with Crippen LogP contribution < -0.4 is 11.1 Å². The first-order valence-electron chi connectivity index (χ1n) is 6.42. The van der Waals surface area contributed by atoms with Gasteiger partial charge in [0.05, 0.1) is 12.1 Å². The van der Waals surface area contributed by atoms with Crippen molar-refractivity contribution in [2.45, 2.75) is 13.8 Å². The van der Waals surface area contributed by atoms with E-state index in [-0.39, 0.29) is 5.91 Å². The van der Waals surface area contributed by atoms with Gasteiger partial charge in [0.15, 0.2) is 5.96 Å². The van der Waals surface area contributed by atoms with E-state index >= 15 is 0 Å². The summed E-state index contributed by atoms with van der Waals surface area (Å²) >= 11 is 0. The molecule has 0 bridgehead atoms. The van der Waals surface area contributed by atoms with Crippen LogP contribution in [0.5, 0.6) is 0 Å². The average molecular weight is 263 g/mol. The van der Waals surface area contributed by atoms with Gasteiger partial charge in [0.1, 0.15) is 0 Å². The Morgan fingerprint density at radius 1 is 1.47 bits per heavy atom. The average Bonchev–Trinajstić information content (AvgIpc) is 2.45. The van der Waals surface area contributed by atoms with Crippen LogP contribution >= 0.6 is 0 Å². The van der Waals surface area contributed by atoms with Crippen LogP contribution in [0.1, 0.15) is 24.2 Å². The summed E-state index contributed by atoms with van der Waals surface area (Å²) in [7, 11) is 0. The van der Waals surface area contributed by atoms with E-state index in [9.17, 15) is 4.79 Å². The summed E-state index contributed by atoms with van der Waals surface area (Å²) < 4.78 is 0. The number of nitrogens with two attached hydrogens (primary N) is 1. The Labute approximate surface area is 113 Å².